The number of benzene rings is 1. The molecule has 1 aromatic rings. The van der Waals surface area contributed by atoms with E-state index >= 15 is 0 Å². The Labute approximate surface area is 184 Å². The van der Waals surface area contributed by atoms with Gasteiger partial charge >= 0.3 is 0 Å². The Morgan fingerprint density at radius 1 is 1.33 bits per heavy atom. The van der Waals surface area contributed by atoms with Gasteiger partial charge in [0.05, 0.1) is 10.7 Å². The molecule has 2 aliphatic rings. The third-order valence-electron chi connectivity index (χ3n) is 6.55. The van der Waals surface area contributed by atoms with Crippen LogP contribution in [0.4, 0.5) is 4.39 Å². The van der Waals surface area contributed by atoms with Gasteiger partial charge in [0.1, 0.15) is 11.7 Å². The first-order valence-corrected chi connectivity index (χ1v) is 11.2. The topological polar surface area (TPSA) is 65.5 Å². The molecule has 1 unspecified atom stereocenters. The number of allylic oxidation sites excluding steroid dienone is 1. The Bertz CT molecular complexity index is 832. The van der Waals surface area contributed by atoms with Crippen molar-refractivity contribution in [3.8, 4) is 0 Å². The molecule has 1 aliphatic carbocycles. The molecule has 30 heavy (non-hydrogen) atoms. The van der Waals surface area contributed by atoms with Crippen LogP contribution in [-0.2, 0) is 0 Å². The number of aliphatic imine (C=N–C) groups is 1. The average Bonchev–Trinajstić information content (AvgIpc) is 3.37. The van der Waals surface area contributed by atoms with Gasteiger partial charge < -0.3 is 16.0 Å². The zero-order chi connectivity index (χ0) is 21.9. The van der Waals surface area contributed by atoms with Crippen molar-refractivity contribution in [1.82, 2.24) is 4.90 Å². The number of hydrogen-bond donors (Lipinski definition) is 2. The van der Waals surface area contributed by atoms with Gasteiger partial charge in [-0.1, -0.05) is 44.5 Å². The number of hydrogen-bond acceptors (Lipinski definition) is 3. The van der Waals surface area contributed by atoms with Crippen LogP contribution in [0, 0.1) is 28.0 Å². The lowest BCUT2D eigenvalue weighted by molar-refractivity contribution is 0.146. The van der Waals surface area contributed by atoms with Crippen LogP contribution in [0.5, 0.6) is 0 Å². The maximum atomic E-state index is 13.5. The summed E-state index contributed by atoms with van der Waals surface area (Å²) >= 11 is 5.93. The summed E-state index contributed by atoms with van der Waals surface area (Å²) in [6.07, 6.45) is 8.14. The van der Waals surface area contributed by atoms with Gasteiger partial charge in [-0.2, -0.15) is 0 Å². The van der Waals surface area contributed by atoms with Crippen molar-refractivity contribution in [2.45, 2.75) is 46.5 Å². The molecule has 6 heteroatoms. The van der Waals surface area contributed by atoms with Crippen LogP contribution >= 0.6 is 11.6 Å². The van der Waals surface area contributed by atoms with Gasteiger partial charge in [-0.25, -0.2) is 4.39 Å². The molecule has 3 N–H and O–H groups in total. The van der Waals surface area contributed by atoms with Gasteiger partial charge in [-0.05, 0) is 80.3 Å². The zero-order valence-corrected chi connectivity index (χ0v) is 19.1. The highest BCUT2D eigenvalue weighted by Crippen LogP contribution is 2.59. The fraction of sp³-hybridized carbons (Fsp3) is 0.583. The van der Waals surface area contributed by atoms with Crippen LogP contribution in [0.2, 0.25) is 5.02 Å². The van der Waals surface area contributed by atoms with Crippen LogP contribution in [-0.4, -0.2) is 42.6 Å². The molecule has 164 valence electrons. The first kappa shape index (κ1) is 23.0. The Kier molecular flexibility index (Phi) is 7.03. The molecular weight excluding hydrogens is 399 g/mol. The normalized spacial score (nSPS) is 22.0. The molecule has 1 saturated carbocycles. The van der Waals surface area contributed by atoms with Crippen molar-refractivity contribution in [3.63, 3.8) is 0 Å². The number of nitrogens with two attached hydrogens (primary N) is 1. The van der Waals surface area contributed by atoms with E-state index in [9.17, 15) is 4.39 Å². The quantitative estimate of drug-likeness (QED) is 0.453. The maximum absolute atomic E-state index is 13.5. The molecule has 4 nitrogen and oxygen atoms in total. The predicted octanol–water partition coefficient (Wildman–Crippen LogP) is 5.30. The van der Waals surface area contributed by atoms with Gasteiger partial charge in [-0.15, -0.1) is 0 Å². The Morgan fingerprint density at radius 3 is 2.70 bits per heavy atom. The first-order valence-electron chi connectivity index (χ1n) is 10.8. The molecule has 1 spiro atoms. The van der Waals surface area contributed by atoms with E-state index in [1.165, 1.54) is 63.5 Å². The summed E-state index contributed by atoms with van der Waals surface area (Å²) in [5.74, 6) is 0.487. The van der Waals surface area contributed by atoms with Gasteiger partial charge in [0.2, 0.25) is 0 Å². The lowest BCUT2D eigenvalue weighted by Gasteiger charge is -2.34. The van der Waals surface area contributed by atoms with E-state index in [1.54, 1.807) is 12.1 Å². The monoisotopic (exact) mass is 432 g/mol. The molecule has 1 saturated heterocycles. The number of amidine groups is 1. The van der Waals surface area contributed by atoms with Crippen LogP contribution in [0.25, 0.3) is 0 Å². The number of nitrogens with one attached hydrogen (secondary N) is 1. The first-order chi connectivity index (χ1) is 14.1. The molecular formula is C24H34ClFN4. The molecule has 1 aliphatic heterocycles. The number of likely N-dealkylation sites (tertiary alicyclic amines) is 1. The number of nitrogens with zero attached hydrogens (tertiary/aromatic N) is 2. The molecule has 3 rings (SSSR count). The Morgan fingerprint density at radius 2 is 2.03 bits per heavy atom. The van der Waals surface area contributed by atoms with Gasteiger partial charge in [0, 0.05) is 12.1 Å². The second-order valence-electron chi connectivity index (χ2n) is 10.0. The number of rotatable bonds is 7. The Balaban J connectivity index is 1.45. The summed E-state index contributed by atoms with van der Waals surface area (Å²) in [6, 6.07) is 4.43. The zero-order valence-electron chi connectivity index (χ0n) is 18.3. The van der Waals surface area contributed by atoms with E-state index in [0.717, 1.165) is 6.54 Å². The minimum Gasteiger partial charge on any atom is -0.384 e. The standard InChI is InChI=1S/C24H34ClFN4/c1-23(2,3)9-12-30-13-10-24(11-14-30)15-17(24)16-29-21(28)8-7-20(27)18-5-4-6-19(26)22(18)25/h4-8,17,27H,9-16H2,1-3H3,(H2,28,29)/b8-7-,27-20?. The van der Waals surface area contributed by atoms with E-state index in [0.29, 0.717) is 28.1 Å². The lowest BCUT2D eigenvalue weighted by atomic mass is 9.88. The summed E-state index contributed by atoms with van der Waals surface area (Å²) < 4.78 is 13.5. The van der Waals surface area contributed by atoms with E-state index in [4.69, 9.17) is 22.7 Å². The second-order valence-corrected chi connectivity index (χ2v) is 10.4. The summed E-state index contributed by atoms with van der Waals surface area (Å²) in [6.45, 7) is 11.2. The van der Waals surface area contributed by atoms with E-state index < -0.39 is 5.82 Å². The summed E-state index contributed by atoms with van der Waals surface area (Å²) in [5.41, 5.74) is 7.34. The highest BCUT2D eigenvalue weighted by Gasteiger charge is 2.54. The predicted molar refractivity (Wildman–Crippen MR) is 124 cm³/mol. The average molecular weight is 433 g/mol. The fourth-order valence-corrected chi connectivity index (χ4v) is 4.48. The summed E-state index contributed by atoms with van der Waals surface area (Å²) in [5, 5.41) is 8.04. The summed E-state index contributed by atoms with van der Waals surface area (Å²) in [4.78, 5) is 7.13. The number of piperidine rings is 1. The minimum absolute atomic E-state index is 0.0450. The van der Waals surface area contributed by atoms with Crippen molar-refractivity contribution in [2.24, 2.45) is 27.5 Å². The molecule has 2 fully saturated rings. The molecule has 1 heterocycles. The van der Waals surface area contributed by atoms with Crippen molar-refractivity contribution in [1.29, 1.82) is 5.41 Å². The summed E-state index contributed by atoms with van der Waals surface area (Å²) in [7, 11) is 0. The van der Waals surface area contributed by atoms with Crippen molar-refractivity contribution in [3.05, 3.63) is 46.8 Å². The van der Waals surface area contributed by atoms with Gasteiger partial charge in [0.15, 0.2) is 0 Å². The van der Waals surface area contributed by atoms with Gasteiger partial charge in [0.25, 0.3) is 0 Å². The third kappa shape index (κ3) is 5.92. The van der Waals surface area contributed by atoms with Crippen LogP contribution in [0.1, 0.15) is 52.0 Å². The minimum atomic E-state index is -0.530. The maximum Gasteiger partial charge on any atom is 0.142 e. The van der Waals surface area contributed by atoms with Crippen molar-refractivity contribution < 1.29 is 4.39 Å². The molecule has 0 amide bonds. The molecule has 1 atom stereocenters. The van der Waals surface area contributed by atoms with Crippen LogP contribution in [0.3, 0.4) is 0 Å². The SMILES string of the molecule is CC(C)(C)CCN1CCC2(CC1)CC2CN=C(N)/C=C\C(=N)c1cccc(F)c1Cl. The largest absolute Gasteiger partial charge is 0.384 e. The number of halogens is 2. The van der Waals surface area contributed by atoms with E-state index in [2.05, 4.69) is 30.7 Å². The van der Waals surface area contributed by atoms with E-state index in [-0.39, 0.29) is 10.7 Å². The molecule has 0 aromatic heterocycles. The molecule has 1 aromatic carbocycles. The highest BCUT2D eigenvalue weighted by molar-refractivity contribution is 6.35. The Hall–Kier alpha value is -1.72. The lowest BCUT2D eigenvalue weighted by Crippen LogP contribution is -2.37. The van der Waals surface area contributed by atoms with Gasteiger partial charge in [-0.3, -0.25) is 4.99 Å². The second kappa shape index (κ2) is 9.19. The highest BCUT2D eigenvalue weighted by atomic mass is 35.5. The van der Waals surface area contributed by atoms with Crippen molar-refractivity contribution >= 4 is 23.1 Å². The third-order valence-corrected chi connectivity index (χ3v) is 6.93. The van der Waals surface area contributed by atoms with Crippen molar-refractivity contribution in [2.75, 3.05) is 26.2 Å². The van der Waals surface area contributed by atoms with Crippen LogP contribution in [0.15, 0.2) is 35.3 Å². The molecule has 0 bridgehead atoms. The van der Waals surface area contributed by atoms with E-state index in [1.807, 2.05) is 0 Å². The fourth-order valence-electron chi connectivity index (χ4n) is 4.26. The molecule has 0 radical (unpaired) electrons. The smallest absolute Gasteiger partial charge is 0.142 e. The van der Waals surface area contributed by atoms with Crippen LogP contribution < -0.4 is 5.73 Å².